The Labute approximate surface area is 159 Å². The second kappa shape index (κ2) is 7.65. The van der Waals surface area contributed by atoms with Gasteiger partial charge in [0.25, 0.3) is 0 Å². The average Bonchev–Trinajstić information content (AvgIpc) is 3.40. The standard InChI is InChI=1S/C23H24F2N2/c1-17-4-2-5-18(12-17)14-26-11-3-6-21(26)16-27(20-8-9-20)15-19-7-10-22(24)23(25)13-19/h2-7,10-13,20H,8-9,14-16H2,1H3/p+1. The van der Waals surface area contributed by atoms with Gasteiger partial charge in [-0.25, -0.2) is 8.78 Å². The van der Waals surface area contributed by atoms with Gasteiger partial charge in [-0.3, -0.25) is 0 Å². The minimum atomic E-state index is -0.779. The van der Waals surface area contributed by atoms with Crippen LogP contribution >= 0.6 is 0 Å². The third-order valence-corrected chi connectivity index (χ3v) is 5.34. The van der Waals surface area contributed by atoms with Gasteiger partial charge in [0.15, 0.2) is 11.6 Å². The van der Waals surface area contributed by atoms with Gasteiger partial charge in [-0.1, -0.05) is 35.9 Å². The van der Waals surface area contributed by atoms with Crippen molar-refractivity contribution in [1.82, 2.24) is 4.57 Å². The molecule has 1 aliphatic carbocycles. The number of aryl methyl sites for hydroxylation is 1. The van der Waals surface area contributed by atoms with Crippen molar-refractivity contribution in [1.29, 1.82) is 0 Å². The number of nitrogens with one attached hydrogen (secondary N) is 1. The Hall–Kier alpha value is -2.46. The third-order valence-electron chi connectivity index (χ3n) is 5.34. The molecule has 2 nitrogen and oxygen atoms in total. The lowest BCUT2D eigenvalue weighted by molar-refractivity contribution is -0.938. The van der Waals surface area contributed by atoms with Crippen molar-refractivity contribution in [2.24, 2.45) is 0 Å². The van der Waals surface area contributed by atoms with E-state index >= 15 is 0 Å². The predicted molar refractivity (Wildman–Crippen MR) is 102 cm³/mol. The van der Waals surface area contributed by atoms with Gasteiger partial charge in [0.2, 0.25) is 0 Å². The van der Waals surface area contributed by atoms with Crippen LogP contribution in [-0.2, 0) is 19.6 Å². The van der Waals surface area contributed by atoms with E-state index in [1.165, 1.54) is 46.7 Å². The molecule has 140 valence electrons. The normalized spacial score (nSPS) is 15.1. The van der Waals surface area contributed by atoms with E-state index in [9.17, 15) is 8.78 Å². The maximum Gasteiger partial charge on any atom is 0.159 e. The number of benzene rings is 2. The number of rotatable bonds is 7. The molecule has 4 heteroatoms. The Morgan fingerprint density at radius 3 is 2.52 bits per heavy atom. The number of halogens is 2. The maximum absolute atomic E-state index is 13.6. The van der Waals surface area contributed by atoms with E-state index in [4.69, 9.17) is 0 Å². The maximum atomic E-state index is 13.6. The molecule has 2 aromatic carbocycles. The Kier molecular flexibility index (Phi) is 5.08. The molecule has 27 heavy (non-hydrogen) atoms. The molecule has 0 spiro atoms. The fourth-order valence-electron chi connectivity index (χ4n) is 3.76. The number of hydrogen-bond donors (Lipinski definition) is 1. The first-order valence-corrected chi connectivity index (χ1v) is 9.56. The third kappa shape index (κ3) is 4.45. The fraction of sp³-hybridized carbons (Fsp3) is 0.304. The molecule has 1 fully saturated rings. The molecule has 0 saturated heterocycles. The highest BCUT2D eigenvalue weighted by molar-refractivity contribution is 5.23. The van der Waals surface area contributed by atoms with Crippen LogP contribution in [0.5, 0.6) is 0 Å². The summed E-state index contributed by atoms with van der Waals surface area (Å²) in [5, 5.41) is 0. The lowest BCUT2D eigenvalue weighted by Gasteiger charge is -2.21. The Morgan fingerprint density at radius 1 is 0.926 bits per heavy atom. The first-order valence-electron chi connectivity index (χ1n) is 9.56. The van der Waals surface area contributed by atoms with Crippen LogP contribution in [0.2, 0.25) is 0 Å². The summed E-state index contributed by atoms with van der Waals surface area (Å²) >= 11 is 0. The van der Waals surface area contributed by atoms with Crippen molar-refractivity contribution >= 4 is 0 Å². The first kappa shape index (κ1) is 17.9. The summed E-state index contributed by atoms with van der Waals surface area (Å²) in [5.41, 5.74) is 4.69. The van der Waals surface area contributed by atoms with Crippen LogP contribution in [0.3, 0.4) is 0 Å². The van der Waals surface area contributed by atoms with Gasteiger partial charge in [0.05, 0.1) is 11.7 Å². The van der Waals surface area contributed by atoms with Gasteiger partial charge in [-0.05, 0) is 36.8 Å². The van der Waals surface area contributed by atoms with Crippen molar-refractivity contribution in [3.05, 3.63) is 94.8 Å². The average molecular weight is 367 g/mol. The van der Waals surface area contributed by atoms with Crippen molar-refractivity contribution in [2.45, 2.75) is 45.4 Å². The van der Waals surface area contributed by atoms with Crippen molar-refractivity contribution in [2.75, 3.05) is 0 Å². The molecular formula is C23H25F2N2+. The second-order valence-corrected chi connectivity index (χ2v) is 7.65. The molecule has 0 aliphatic heterocycles. The van der Waals surface area contributed by atoms with Gasteiger partial charge < -0.3 is 9.47 Å². The summed E-state index contributed by atoms with van der Waals surface area (Å²) < 4.78 is 29.1. The van der Waals surface area contributed by atoms with Crippen LogP contribution in [0.4, 0.5) is 8.78 Å². The predicted octanol–water partition coefficient (Wildman–Crippen LogP) is 3.87. The molecule has 1 aromatic heterocycles. The van der Waals surface area contributed by atoms with Crippen LogP contribution in [0.1, 0.15) is 35.2 Å². The summed E-state index contributed by atoms with van der Waals surface area (Å²) in [4.78, 5) is 1.42. The Bertz CT molecular complexity index is 928. The number of hydrogen-bond acceptors (Lipinski definition) is 0. The smallest absolute Gasteiger partial charge is 0.159 e. The lowest BCUT2D eigenvalue weighted by Crippen LogP contribution is -3.10. The largest absolute Gasteiger partial charge is 0.342 e. The quantitative estimate of drug-likeness (QED) is 0.649. The second-order valence-electron chi connectivity index (χ2n) is 7.65. The monoisotopic (exact) mass is 367 g/mol. The summed E-state index contributed by atoms with van der Waals surface area (Å²) in [6.45, 7) is 4.58. The number of quaternary nitrogens is 1. The lowest BCUT2D eigenvalue weighted by atomic mass is 10.1. The van der Waals surface area contributed by atoms with Gasteiger partial charge in [-0.15, -0.1) is 0 Å². The highest BCUT2D eigenvalue weighted by Crippen LogP contribution is 2.18. The van der Waals surface area contributed by atoms with E-state index in [-0.39, 0.29) is 0 Å². The van der Waals surface area contributed by atoms with E-state index < -0.39 is 11.6 Å². The minimum Gasteiger partial charge on any atom is -0.342 e. The molecule has 1 heterocycles. The Morgan fingerprint density at radius 2 is 1.78 bits per heavy atom. The van der Waals surface area contributed by atoms with Gasteiger partial charge in [0.1, 0.15) is 13.1 Å². The van der Waals surface area contributed by atoms with Crippen LogP contribution in [0.15, 0.2) is 60.8 Å². The highest BCUT2D eigenvalue weighted by atomic mass is 19.2. The molecule has 3 aromatic rings. The van der Waals surface area contributed by atoms with Gasteiger partial charge in [0, 0.05) is 31.1 Å². The summed E-state index contributed by atoms with van der Waals surface area (Å²) in [6, 6.07) is 17.7. The van der Waals surface area contributed by atoms with Crippen molar-refractivity contribution in [3.63, 3.8) is 0 Å². The fourth-order valence-corrected chi connectivity index (χ4v) is 3.76. The molecule has 1 unspecified atom stereocenters. The molecule has 0 radical (unpaired) electrons. The van der Waals surface area contributed by atoms with E-state index in [1.54, 1.807) is 6.07 Å². The van der Waals surface area contributed by atoms with Crippen LogP contribution in [0.25, 0.3) is 0 Å². The summed E-state index contributed by atoms with van der Waals surface area (Å²) in [5.74, 6) is -1.54. The van der Waals surface area contributed by atoms with E-state index in [1.807, 2.05) is 0 Å². The molecule has 1 saturated carbocycles. The molecule has 0 bridgehead atoms. The zero-order valence-corrected chi connectivity index (χ0v) is 15.6. The molecular weight excluding hydrogens is 342 g/mol. The van der Waals surface area contributed by atoms with E-state index in [2.05, 4.69) is 54.1 Å². The van der Waals surface area contributed by atoms with Crippen molar-refractivity contribution < 1.29 is 13.7 Å². The molecule has 0 amide bonds. The highest BCUT2D eigenvalue weighted by Gasteiger charge is 2.34. The van der Waals surface area contributed by atoms with Crippen LogP contribution in [-0.4, -0.2) is 10.6 Å². The zero-order chi connectivity index (χ0) is 18.8. The molecule has 1 atom stereocenters. The van der Waals surface area contributed by atoms with Gasteiger partial charge >= 0.3 is 0 Å². The van der Waals surface area contributed by atoms with Crippen LogP contribution < -0.4 is 4.90 Å². The van der Waals surface area contributed by atoms with Crippen molar-refractivity contribution in [3.8, 4) is 0 Å². The Balaban J connectivity index is 1.49. The topological polar surface area (TPSA) is 9.37 Å². The number of nitrogens with zero attached hydrogens (tertiary/aromatic N) is 1. The van der Waals surface area contributed by atoms with E-state index in [0.717, 1.165) is 25.2 Å². The first-order chi connectivity index (χ1) is 13.1. The van der Waals surface area contributed by atoms with E-state index in [0.29, 0.717) is 6.04 Å². The summed E-state index contributed by atoms with van der Waals surface area (Å²) in [7, 11) is 0. The van der Waals surface area contributed by atoms with Gasteiger partial charge in [-0.2, -0.15) is 0 Å². The minimum absolute atomic E-state index is 0.612. The zero-order valence-electron chi connectivity index (χ0n) is 15.6. The summed E-state index contributed by atoms with van der Waals surface area (Å²) in [6.07, 6.45) is 4.54. The molecule has 1 aliphatic rings. The van der Waals surface area contributed by atoms with Crippen LogP contribution in [0, 0.1) is 18.6 Å². The molecule has 1 N–H and O–H groups in total. The molecule has 4 rings (SSSR count). The number of aromatic nitrogens is 1. The SMILES string of the molecule is Cc1cccc(Cn2cccc2C[NH+](Cc2ccc(F)c(F)c2)C2CC2)c1.